The van der Waals surface area contributed by atoms with Crippen LogP contribution in [0.5, 0.6) is 0 Å². The molecule has 0 heterocycles. The lowest BCUT2D eigenvalue weighted by molar-refractivity contribution is -0.140. The number of benzene rings is 3. The van der Waals surface area contributed by atoms with Gasteiger partial charge in [-0.3, -0.25) is 13.9 Å². The van der Waals surface area contributed by atoms with Crippen LogP contribution < -0.4 is 9.62 Å². The van der Waals surface area contributed by atoms with Gasteiger partial charge in [-0.05, 0) is 56.0 Å². The van der Waals surface area contributed by atoms with Crippen LogP contribution in [0.15, 0.2) is 78.9 Å². The highest BCUT2D eigenvalue weighted by Crippen LogP contribution is 2.21. The number of hydrogen-bond donors (Lipinski definition) is 1. The normalized spacial score (nSPS) is 12.8. The number of carbonyl (C=O) groups excluding carboxylic acids is 2. The second-order valence-electron chi connectivity index (χ2n) is 10.1. The van der Waals surface area contributed by atoms with Crippen molar-refractivity contribution < 1.29 is 18.0 Å². The van der Waals surface area contributed by atoms with Crippen molar-refractivity contribution in [3.05, 3.63) is 101 Å². The summed E-state index contributed by atoms with van der Waals surface area (Å²) in [5.74, 6) is -0.721. The Hall–Kier alpha value is -3.65. The van der Waals surface area contributed by atoms with Crippen LogP contribution in [0, 0.1) is 13.8 Å². The summed E-state index contributed by atoms with van der Waals surface area (Å²) in [7, 11) is -3.78. The average molecular weight is 550 g/mol. The SMILES string of the molecule is CC[C@H](C)NC(=O)[C@@H](Cc1ccccc1)N(Cc1ccccc1C)C(=O)CN(c1ccc(C)cc1)S(C)(=O)=O. The minimum atomic E-state index is -3.78. The predicted molar refractivity (Wildman–Crippen MR) is 157 cm³/mol. The number of rotatable bonds is 12. The fourth-order valence-electron chi connectivity index (χ4n) is 4.29. The van der Waals surface area contributed by atoms with Crippen molar-refractivity contribution in [1.82, 2.24) is 10.2 Å². The third-order valence-corrected chi connectivity index (χ3v) is 8.02. The van der Waals surface area contributed by atoms with Crippen LogP contribution in [0.4, 0.5) is 5.69 Å². The van der Waals surface area contributed by atoms with Gasteiger partial charge in [-0.15, -0.1) is 0 Å². The van der Waals surface area contributed by atoms with Crippen molar-refractivity contribution in [1.29, 1.82) is 0 Å². The molecule has 0 aliphatic heterocycles. The minimum absolute atomic E-state index is 0.0775. The van der Waals surface area contributed by atoms with E-state index in [9.17, 15) is 18.0 Å². The average Bonchev–Trinajstić information content (AvgIpc) is 2.90. The fraction of sp³-hybridized carbons (Fsp3) is 0.355. The molecule has 8 heteroatoms. The van der Waals surface area contributed by atoms with Gasteiger partial charge in [0.05, 0.1) is 11.9 Å². The largest absolute Gasteiger partial charge is 0.352 e. The zero-order chi connectivity index (χ0) is 28.6. The maximum atomic E-state index is 14.1. The number of hydrogen-bond acceptors (Lipinski definition) is 4. The van der Waals surface area contributed by atoms with Crippen molar-refractivity contribution >= 4 is 27.5 Å². The van der Waals surface area contributed by atoms with Crippen molar-refractivity contribution in [3.63, 3.8) is 0 Å². The molecule has 1 N–H and O–H groups in total. The van der Waals surface area contributed by atoms with Gasteiger partial charge in [0.15, 0.2) is 0 Å². The molecule has 7 nitrogen and oxygen atoms in total. The van der Waals surface area contributed by atoms with Crippen molar-refractivity contribution in [2.24, 2.45) is 0 Å². The van der Waals surface area contributed by atoms with Crippen molar-refractivity contribution in [2.75, 3.05) is 17.1 Å². The topological polar surface area (TPSA) is 86.8 Å². The Balaban J connectivity index is 2.06. The summed E-state index contributed by atoms with van der Waals surface area (Å²) in [5, 5.41) is 3.04. The van der Waals surface area contributed by atoms with Gasteiger partial charge in [0.1, 0.15) is 12.6 Å². The standard InChI is InChI=1S/C31H39N3O4S/c1-6-25(4)32-31(36)29(20-26-13-8-7-9-14-26)33(21-27-15-11-10-12-24(27)3)30(35)22-34(39(5,37)38)28-18-16-23(2)17-19-28/h7-19,25,29H,6,20-22H2,1-5H3,(H,32,36)/t25-,29+/m0/s1. The Morgan fingerprint density at radius 2 is 1.51 bits per heavy atom. The Bertz CT molecular complexity index is 1360. The molecular formula is C31H39N3O4S. The van der Waals surface area contributed by atoms with Gasteiger partial charge in [0.2, 0.25) is 21.8 Å². The summed E-state index contributed by atoms with van der Waals surface area (Å²) in [6.07, 6.45) is 2.12. The Morgan fingerprint density at radius 1 is 0.897 bits per heavy atom. The Morgan fingerprint density at radius 3 is 2.10 bits per heavy atom. The highest BCUT2D eigenvalue weighted by molar-refractivity contribution is 7.92. The van der Waals surface area contributed by atoms with Crippen LogP contribution in [-0.4, -0.2) is 50.0 Å². The summed E-state index contributed by atoms with van der Waals surface area (Å²) >= 11 is 0. The fourth-order valence-corrected chi connectivity index (χ4v) is 5.14. The summed E-state index contributed by atoms with van der Waals surface area (Å²) in [6.45, 7) is 7.52. The van der Waals surface area contributed by atoms with Crippen LogP contribution in [0.2, 0.25) is 0 Å². The van der Waals surface area contributed by atoms with Gasteiger partial charge in [0, 0.05) is 19.0 Å². The van der Waals surface area contributed by atoms with Gasteiger partial charge < -0.3 is 10.2 Å². The quantitative estimate of drug-likeness (QED) is 0.357. The molecule has 2 amide bonds. The van der Waals surface area contributed by atoms with E-state index in [1.165, 1.54) is 4.90 Å². The van der Waals surface area contributed by atoms with Crippen LogP contribution in [0.1, 0.15) is 42.5 Å². The van der Waals surface area contributed by atoms with Crippen LogP contribution >= 0.6 is 0 Å². The molecule has 3 aromatic rings. The third kappa shape index (κ3) is 8.42. The Kier molecular flexibility index (Phi) is 10.3. The monoisotopic (exact) mass is 549 g/mol. The lowest BCUT2D eigenvalue weighted by Gasteiger charge is -2.34. The third-order valence-electron chi connectivity index (χ3n) is 6.88. The molecule has 39 heavy (non-hydrogen) atoms. The number of aryl methyl sites for hydroxylation is 2. The molecule has 0 fully saturated rings. The number of anilines is 1. The molecule has 0 aromatic heterocycles. The molecule has 0 aliphatic carbocycles. The molecule has 0 aliphatic rings. The number of nitrogens with one attached hydrogen (secondary N) is 1. The molecule has 0 unspecified atom stereocenters. The van der Waals surface area contributed by atoms with Crippen LogP contribution in [0.25, 0.3) is 0 Å². The zero-order valence-electron chi connectivity index (χ0n) is 23.4. The smallest absolute Gasteiger partial charge is 0.244 e. The van der Waals surface area contributed by atoms with Gasteiger partial charge in [-0.1, -0.05) is 79.2 Å². The Labute approximate surface area is 232 Å². The molecule has 0 spiro atoms. The van der Waals surface area contributed by atoms with Crippen molar-refractivity contribution in [2.45, 2.75) is 59.2 Å². The second-order valence-corrected chi connectivity index (χ2v) is 12.0. The summed E-state index contributed by atoms with van der Waals surface area (Å²) in [6, 6.07) is 23.3. The van der Waals surface area contributed by atoms with Gasteiger partial charge >= 0.3 is 0 Å². The maximum Gasteiger partial charge on any atom is 0.244 e. The van der Waals surface area contributed by atoms with Crippen molar-refractivity contribution in [3.8, 4) is 0 Å². The predicted octanol–water partition coefficient (Wildman–Crippen LogP) is 4.62. The van der Waals surface area contributed by atoms with Crippen LogP contribution in [0.3, 0.4) is 0 Å². The molecule has 0 saturated heterocycles. The first-order valence-corrected chi connectivity index (χ1v) is 15.1. The number of carbonyl (C=O) groups is 2. The van der Waals surface area contributed by atoms with E-state index in [1.807, 2.05) is 82.3 Å². The lowest BCUT2D eigenvalue weighted by Crippen LogP contribution is -2.54. The molecule has 0 radical (unpaired) electrons. The van der Waals surface area contributed by atoms with E-state index in [1.54, 1.807) is 24.3 Å². The minimum Gasteiger partial charge on any atom is -0.352 e. The molecule has 208 valence electrons. The lowest BCUT2D eigenvalue weighted by atomic mass is 10.0. The summed E-state index contributed by atoms with van der Waals surface area (Å²) in [5.41, 5.74) is 4.15. The van der Waals surface area contributed by atoms with E-state index in [0.717, 1.165) is 39.2 Å². The molecule has 0 bridgehead atoms. The van der Waals surface area contributed by atoms with Gasteiger partial charge in [0.25, 0.3) is 0 Å². The zero-order valence-corrected chi connectivity index (χ0v) is 24.2. The molecule has 3 rings (SSSR count). The van der Waals surface area contributed by atoms with E-state index >= 15 is 0 Å². The summed E-state index contributed by atoms with van der Waals surface area (Å²) in [4.78, 5) is 29.3. The highest BCUT2D eigenvalue weighted by Gasteiger charge is 2.33. The maximum absolute atomic E-state index is 14.1. The highest BCUT2D eigenvalue weighted by atomic mass is 32.2. The van der Waals surface area contributed by atoms with Gasteiger partial charge in [-0.2, -0.15) is 0 Å². The first-order chi connectivity index (χ1) is 18.5. The first kappa shape index (κ1) is 29.9. The van der Waals surface area contributed by atoms with E-state index in [-0.39, 0.29) is 18.5 Å². The first-order valence-electron chi connectivity index (χ1n) is 13.2. The van der Waals surface area contributed by atoms with Gasteiger partial charge in [-0.25, -0.2) is 8.42 Å². The number of amides is 2. The van der Waals surface area contributed by atoms with E-state index in [0.29, 0.717) is 12.1 Å². The number of nitrogens with zero attached hydrogens (tertiary/aromatic N) is 2. The van der Waals surface area contributed by atoms with E-state index < -0.39 is 28.5 Å². The summed E-state index contributed by atoms with van der Waals surface area (Å²) < 4.78 is 26.8. The molecule has 3 aromatic carbocycles. The number of sulfonamides is 1. The van der Waals surface area contributed by atoms with E-state index in [4.69, 9.17) is 0 Å². The molecule has 2 atom stereocenters. The van der Waals surface area contributed by atoms with Crippen LogP contribution in [-0.2, 0) is 32.6 Å². The molecule has 0 saturated carbocycles. The second kappa shape index (κ2) is 13.4. The van der Waals surface area contributed by atoms with E-state index in [2.05, 4.69) is 5.32 Å². The molecular weight excluding hydrogens is 510 g/mol.